The zero-order valence-electron chi connectivity index (χ0n) is 18.7. The third kappa shape index (κ3) is 4.92. The fourth-order valence-corrected chi connectivity index (χ4v) is 4.01. The Morgan fingerprint density at radius 3 is 2.50 bits per heavy atom. The number of fused-ring (bicyclic) bond motifs is 1. The fourth-order valence-electron chi connectivity index (χ4n) is 4.01. The standard InChI is InChI=1S/C30H29NO/c1-4-11-25-19-18-24(21-32-27-14-6-5-7-15-27)20-30(25)23(3)31-22(2)28-17-10-13-26-12-8-9-16-29(26)28/h4-20,22,31H,3,21H2,1-2H3/b11-4+. The van der Waals surface area contributed by atoms with Gasteiger partial charge in [-0.25, -0.2) is 0 Å². The summed E-state index contributed by atoms with van der Waals surface area (Å²) in [6.07, 6.45) is 4.17. The van der Waals surface area contributed by atoms with E-state index in [9.17, 15) is 0 Å². The summed E-state index contributed by atoms with van der Waals surface area (Å²) in [7, 11) is 0. The van der Waals surface area contributed by atoms with Crippen LogP contribution in [0, 0.1) is 0 Å². The van der Waals surface area contributed by atoms with Gasteiger partial charge in [0.25, 0.3) is 0 Å². The van der Waals surface area contributed by atoms with E-state index in [1.54, 1.807) is 0 Å². The molecular formula is C30H29NO. The van der Waals surface area contributed by atoms with Gasteiger partial charge in [0.05, 0.1) is 0 Å². The fraction of sp³-hybridized carbons (Fsp3) is 0.133. The number of benzene rings is 4. The van der Waals surface area contributed by atoms with Gasteiger partial charge in [0.2, 0.25) is 0 Å². The van der Waals surface area contributed by atoms with Gasteiger partial charge in [-0.05, 0) is 59.5 Å². The molecule has 4 aromatic carbocycles. The molecule has 1 N–H and O–H groups in total. The smallest absolute Gasteiger partial charge is 0.119 e. The van der Waals surface area contributed by atoms with Crippen molar-refractivity contribution in [3.63, 3.8) is 0 Å². The van der Waals surface area contributed by atoms with E-state index in [2.05, 4.69) is 91.6 Å². The maximum absolute atomic E-state index is 5.96. The molecule has 0 heterocycles. The summed E-state index contributed by atoms with van der Waals surface area (Å²) in [6.45, 7) is 9.12. The Morgan fingerprint density at radius 1 is 0.938 bits per heavy atom. The first-order valence-corrected chi connectivity index (χ1v) is 11.0. The summed E-state index contributed by atoms with van der Waals surface area (Å²) in [5, 5.41) is 6.15. The van der Waals surface area contributed by atoms with Gasteiger partial charge in [-0.2, -0.15) is 0 Å². The van der Waals surface area contributed by atoms with E-state index in [0.717, 1.165) is 28.1 Å². The molecule has 0 saturated heterocycles. The van der Waals surface area contributed by atoms with E-state index in [4.69, 9.17) is 4.74 Å². The quantitative estimate of drug-likeness (QED) is 0.315. The Hall–Kier alpha value is -3.78. The van der Waals surface area contributed by atoms with Crippen LogP contribution in [0.3, 0.4) is 0 Å². The number of rotatable bonds is 8. The average Bonchev–Trinajstić information content (AvgIpc) is 2.83. The van der Waals surface area contributed by atoms with E-state index in [1.807, 2.05) is 37.3 Å². The summed E-state index contributed by atoms with van der Waals surface area (Å²) < 4.78 is 5.96. The van der Waals surface area contributed by atoms with Crippen LogP contribution in [0.15, 0.2) is 104 Å². The molecule has 0 saturated carbocycles. The van der Waals surface area contributed by atoms with Crippen LogP contribution in [0.2, 0.25) is 0 Å². The zero-order chi connectivity index (χ0) is 22.3. The van der Waals surface area contributed by atoms with Gasteiger partial charge < -0.3 is 10.1 Å². The predicted octanol–water partition coefficient (Wildman–Crippen LogP) is 7.77. The molecule has 0 fully saturated rings. The van der Waals surface area contributed by atoms with Crippen molar-refractivity contribution in [2.75, 3.05) is 0 Å². The Kier molecular flexibility index (Phi) is 6.72. The maximum atomic E-state index is 5.96. The number of para-hydroxylation sites is 1. The maximum Gasteiger partial charge on any atom is 0.119 e. The summed E-state index contributed by atoms with van der Waals surface area (Å²) in [6, 6.07) is 31.4. The predicted molar refractivity (Wildman–Crippen MR) is 136 cm³/mol. The van der Waals surface area contributed by atoms with Gasteiger partial charge in [0.15, 0.2) is 0 Å². The molecule has 0 amide bonds. The van der Waals surface area contributed by atoms with Gasteiger partial charge in [-0.3, -0.25) is 0 Å². The van der Waals surface area contributed by atoms with Crippen LogP contribution in [0.25, 0.3) is 22.5 Å². The van der Waals surface area contributed by atoms with Crippen molar-refractivity contribution in [3.8, 4) is 5.75 Å². The number of hydrogen-bond donors (Lipinski definition) is 1. The summed E-state index contributed by atoms with van der Waals surface area (Å²) in [4.78, 5) is 0. The second-order valence-electron chi connectivity index (χ2n) is 7.94. The highest BCUT2D eigenvalue weighted by Gasteiger charge is 2.13. The molecule has 0 aliphatic carbocycles. The van der Waals surface area contributed by atoms with Crippen molar-refractivity contribution in [2.45, 2.75) is 26.5 Å². The molecule has 0 aliphatic rings. The van der Waals surface area contributed by atoms with Crippen LogP contribution < -0.4 is 10.1 Å². The zero-order valence-corrected chi connectivity index (χ0v) is 18.7. The topological polar surface area (TPSA) is 21.3 Å². The number of nitrogens with one attached hydrogen (secondary N) is 1. The van der Waals surface area contributed by atoms with Crippen LogP contribution in [0.5, 0.6) is 5.75 Å². The molecule has 0 aromatic heterocycles. The van der Waals surface area contributed by atoms with E-state index in [0.29, 0.717) is 6.61 Å². The highest BCUT2D eigenvalue weighted by atomic mass is 16.5. The minimum atomic E-state index is 0.122. The first kappa shape index (κ1) is 21.5. The third-order valence-corrected chi connectivity index (χ3v) is 5.62. The first-order valence-electron chi connectivity index (χ1n) is 11.0. The monoisotopic (exact) mass is 419 g/mol. The van der Waals surface area contributed by atoms with Crippen LogP contribution in [0.4, 0.5) is 0 Å². The molecule has 0 radical (unpaired) electrons. The minimum Gasteiger partial charge on any atom is -0.489 e. The first-order chi connectivity index (χ1) is 15.7. The van der Waals surface area contributed by atoms with Crippen molar-refractivity contribution >= 4 is 22.5 Å². The lowest BCUT2D eigenvalue weighted by atomic mass is 9.97. The lowest BCUT2D eigenvalue weighted by Gasteiger charge is -2.21. The van der Waals surface area contributed by atoms with Crippen LogP contribution in [-0.4, -0.2) is 0 Å². The molecule has 1 unspecified atom stereocenters. The largest absolute Gasteiger partial charge is 0.489 e. The molecule has 0 bridgehead atoms. The highest BCUT2D eigenvalue weighted by molar-refractivity contribution is 5.86. The van der Waals surface area contributed by atoms with E-state index in [-0.39, 0.29) is 6.04 Å². The molecule has 1 atom stereocenters. The molecule has 32 heavy (non-hydrogen) atoms. The molecular weight excluding hydrogens is 390 g/mol. The lowest BCUT2D eigenvalue weighted by molar-refractivity contribution is 0.306. The van der Waals surface area contributed by atoms with Crippen molar-refractivity contribution in [2.24, 2.45) is 0 Å². The van der Waals surface area contributed by atoms with Crippen molar-refractivity contribution in [1.82, 2.24) is 5.32 Å². The number of ether oxygens (including phenoxy) is 1. The second-order valence-corrected chi connectivity index (χ2v) is 7.94. The Balaban J connectivity index is 1.57. The molecule has 160 valence electrons. The summed E-state index contributed by atoms with van der Waals surface area (Å²) >= 11 is 0. The minimum absolute atomic E-state index is 0.122. The Labute approximate surface area is 190 Å². The van der Waals surface area contributed by atoms with Gasteiger partial charge in [-0.15, -0.1) is 0 Å². The third-order valence-electron chi connectivity index (χ3n) is 5.62. The lowest BCUT2D eigenvalue weighted by Crippen LogP contribution is -2.17. The Bertz CT molecular complexity index is 1230. The molecule has 4 aromatic rings. The van der Waals surface area contributed by atoms with Gasteiger partial charge >= 0.3 is 0 Å². The van der Waals surface area contributed by atoms with Gasteiger partial charge in [-0.1, -0.05) is 91.5 Å². The van der Waals surface area contributed by atoms with Crippen molar-refractivity contribution in [3.05, 3.63) is 126 Å². The van der Waals surface area contributed by atoms with Crippen LogP contribution in [-0.2, 0) is 6.61 Å². The molecule has 0 aliphatic heterocycles. The van der Waals surface area contributed by atoms with Crippen LogP contribution >= 0.6 is 0 Å². The molecule has 4 rings (SSSR count). The van der Waals surface area contributed by atoms with E-state index in [1.165, 1.54) is 16.3 Å². The van der Waals surface area contributed by atoms with Crippen molar-refractivity contribution in [1.29, 1.82) is 0 Å². The summed E-state index contributed by atoms with van der Waals surface area (Å²) in [5.41, 5.74) is 5.50. The molecule has 2 heteroatoms. The second kappa shape index (κ2) is 10.0. The molecule has 2 nitrogen and oxygen atoms in total. The average molecular weight is 420 g/mol. The molecule has 0 spiro atoms. The van der Waals surface area contributed by atoms with E-state index < -0.39 is 0 Å². The normalized spacial score (nSPS) is 12.1. The summed E-state index contributed by atoms with van der Waals surface area (Å²) in [5.74, 6) is 0.869. The van der Waals surface area contributed by atoms with Crippen LogP contribution in [0.1, 0.15) is 42.1 Å². The van der Waals surface area contributed by atoms with E-state index >= 15 is 0 Å². The number of hydrogen-bond acceptors (Lipinski definition) is 2. The van der Waals surface area contributed by atoms with Crippen molar-refractivity contribution < 1.29 is 4.74 Å². The Morgan fingerprint density at radius 2 is 1.69 bits per heavy atom. The number of allylic oxidation sites excluding steroid dienone is 1. The SMILES string of the molecule is C=C(NC(C)c1cccc2ccccc12)c1cc(COc2ccccc2)ccc1/C=C/C. The highest BCUT2D eigenvalue weighted by Crippen LogP contribution is 2.27. The van der Waals surface area contributed by atoms with Gasteiger partial charge in [0.1, 0.15) is 12.4 Å². The van der Waals surface area contributed by atoms with Gasteiger partial charge in [0, 0.05) is 17.3 Å².